The molecule has 1 unspecified atom stereocenters. The molecular weight excluding hydrogens is 486 g/mol. The van der Waals surface area contributed by atoms with Gasteiger partial charge in [-0.3, -0.25) is 19.3 Å². The summed E-state index contributed by atoms with van der Waals surface area (Å²) in [6.45, 7) is 3.58. The summed E-state index contributed by atoms with van der Waals surface area (Å²) in [5, 5.41) is 15.1. The van der Waals surface area contributed by atoms with Crippen LogP contribution in [-0.4, -0.2) is 28.9 Å². The predicted octanol–water partition coefficient (Wildman–Crippen LogP) is 6.02. The lowest BCUT2D eigenvalue weighted by Gasteiger charge is -2.24. The summed E-state index contributed by atoms with van der Waals surface area (Å²) in [5.41, 5.74) is 1.75. The number of hydrogen-bond acceptors (Lipinski definition) is 6. The monoisotopic (exact) mass is 511 g/mol. The number of anilines is 1. The van der Waals surface area contributed by atoms with Crippen molar-refractivity contribution in [2.75, 3.05) is 4.90 Å². The second-order valence-electron chi connectivity index (χ2n) is 9.13. The van der Waals surface area contributed by atoms with E-state index >= 15 is 0 Å². The van der Waals surface area contributed by atoms with Crippen LogP contribution in [0.25, 0.3) is 16.5 Å². The van der Waals surface area contributed by atoms with Crippen LogP contribution in [0.3, 0.4) is 0 Å². The minimum atomic E-state index is -0.775. The van der Waals surface area contributed by atoms with Crippen molar-refractivity contribution in [3.05, 3.63) is 106 Å². The third-order valence-corrected chi connectivity index (χ3v) is 7.13. The van der Waals surface area contributed by atoms with E-state index in [1.807, 2.05) is 53.9 Å². The maximum absolute atomic E-state index is 13.3. The molecule has 1 aromatic heterocycles. The molecule has 1 fully saturated rings. The second-order valence-corrected chi connectivity index (χ2v) is 10.1. The summed E-state index contributed by atoms with van der Waals surface area (Å²) in [7, 11) is 0. The van der Waals surface area contributed by atoms with Crippen LogP contribution in [0.15, 0.2) is 89.8 Å². The number of nitrogens with zero attached hydrogens (tertiary/aromatic N) is 1. The van der Waals surface area contributed by atoms with E-state index in [-0.39, 0.29) is 29.8 Å². The number of ketones is 1. The average molecular weight is 512 g/mol. The van der Waals surface area contributed by atoms with Crippen LogP contribution in [-0.2, 0) is 25.5 Å². The molecule has 1 saturated heterocycles. The van der Waals surface area contributed by atoms with Gasteiger partial charge in [0.1, 0.15) is 11.8 Å². The molecule has 0 aliphatic carbocycles. The molecule has 3 aromatic carbocycles. The minimum Gasteiger partial charge on any atom is -0.507 e. The number of carbonyl (C=O) groups excluding carboxylic acids is 3. The van der Waals surface area contributed by atoms with E-state index in [1.54, 1.807) is 44.2 Å². The number of thiophene rings is 1. The van der Waals surface area contributed by atoms with Crippen molar-refractivity contribution in [3.63, 3.8) is 0 Å². The molecule has 6 nitrogen and oxygen atoms in total. The van der Waals surface area contributed by atoms with Gasteiger partial charge in [0.2, 0.25) is 0 Å². The molecule has 2 heterocycles. The molecule has 0 spiro atoms. The zero-order valence-corrected chi connectivity index (χ0v) is 21.2. The standard InChI is InChI=1S/C30H25NO5S/c1-18(2)36-25(32)16-19-9-13-23(14-10-19)31-27(24-8-5-15-37-24)26(29(34)30(31)35)28(33)22-12-11-20-6-3-4-7-21(20)17-22/h3-15,17-18,27,33H,16H2,1-2H3/b28-26-. The number of amides is 1. The van der Waals surface area contributed by atoms with Crippen molar-refractivity contribution < 1.29 is 24.2 Å². The van der Waals surface area contributed by atoms with Gasteiger partial charge in [-0.1, -0.05) is 54.6 Å². The number of esters is 1. The van der Waals surface area contributed by atoms with Crippen molar-refractivity contribution in [1.29, 1.82) is 0 Å². The first-order valence-electron chi connectivity index (χ1n) is 12.0. The molecule has 186 valence electrons. The summed E-state index contributed by atoms with van der Waals surface area (Å²) in [6.07, 6.45) is -0.0970. The molecule has 1 atom stereocenters. The van der Waals surface area contributed by atoms with Gasteiger partial charge in [0.15, 0.2) is 0 Å². The highest BCUT2D eigenvalue weighted by atomic mass is 32.1. The summed E-state index contributed by atoms with van der Waals surface area (Å²) in [4.78, 5) is 40.8. The lowest BCUT2D eigenvalue weighted by molar-refractivity contribution is -0.146. The number of Topliss-reactive ketones (excluding diaryl/α,β-unsaturated/α-hetero) is 1. The van der Waals surface area contributed by atoms with E-state index in [9.17, 15) is 19.5 Å². The molecule has 1 N–H and O–H groups in total. The number of benzene rings is 3. The van der Waals surface area contributed by atoms with E-state index in [4.69, 9.17) is 4.74 Å². The average Bonchev–Trinajstić information content (AvgIpc) is 3.50. The fourth-order valence-corrected chi connectivity index (χ4v) is 5.38. The van der Waals surface area contributed by atoms with Gasteiger partial charge in [0.25, 0.3) is 11.7 Å². The fourth-order valence-electron chi connectivity index (χ4n) is 4.55. The zero-order chi connectivity index (χ0) is 26.1. The third kappa shape index (κ3) is 4.78. The highest BCUT2D eigenvalue weighted by Crippen LogP contribution is 2.43. The number of rotatable bonds is 6. The second kappa shape index (κ2) is 10.0. The smallest absolute Gasteiger partial charge is 0.310 e. The van der Waals surface area contributed by atoms with Crippen molar-refractivity contribution in [3.8, 4) is 0 Å². The number of fused-ring (bicyclic) bond motifs is 1. The summed E-state index contributed by atoms with van der Waals surface area (Å²) < 4.78 is 5.21. The van der Waals surface area contributed by atoms with Gasteiger partial charge in [-0.25, -0.2) is 0 Å². The van der Waals surface area contributed by atoms with Crippen molar-refractivity contribution >= 4 is 51.2 Å². The van der Waals surface area contributed by atoms with Gasteiger partial charge >= 0.3 is 5.97 Å². The lowest BCUT2D eigenvalue weighted by atomic mass is 9.98. The molecule has 1 aliphatic heterocycles. The van der Waals surface area contributed by atoms with Gasteiger partial charge in [0.05, 0.1) is 18.1 Å². The van der Waals surface area contributed by atoms with Gasteiger partial charge in [-0.05, 0) is 59.8 Å². The molecule has 0 bridgehead atoms. The maximum atomic E-state index is 13.3. The van der Waals surface area contributed by atoms with Crippen LogP contribution in [0.1, 0.15) is 35.9 Å². The van der Waals surface area contributed by atoms with E-state index < -0.39 is 17.7 Å². The predicted molar refractivity (Wildman–Crippen MR) is 144 cm³/mol. The Morgan fingerprint density at radius 1 is 0.973 bits per heavy atom. The minimum absolute atomic E-state index is 0.0484. The largest absolute Gasteiger partial charge is 0.507 e. The number of hydrogen-bond donors (Lipinski definition) is 1. The Kier molecular flexibility index (Phi) is 6.63. The molecule has 1 amide bonds. The van der Waals surface area contributed by atoms with E-state index in [1.165, 1.54) is 16.2 Å². The van der Waals surface area contributed by atoms with Crippen molar-refractivity contribution in [2.24, 2.45) is 0 Å². The fraction of sp³-hybridized carbons (Fsp3) is 0.167. The number of aliphatic hydroxyl groups excluding tert-OH is 1. The van der Waals surface area contributed by atoms with E-state index in [0.29, 0.717) is 11.3 Å². The SMILES string of the molecule is CC(C)OC(=O)Cc1ccc(N2C(=O)C(=O)/C(=C(\O)c3ccc4ccccc4c3)C2c2cccs2)cc1. The quantitative estimate of drug-likeness (QED) is 0.148. The molecule has 37 heavy (non-hydrogen) atoms. The molecule has 5 rings (SSSR count). The molecule has 1 aliphatic rings. The first-order chi connectivity index (χ1) is 17.8. The number of ether oxygens (including phenoxy) is 1. The van der Waals surface area contributed by atoms with Crippen LogP contribution in [0.4, 0.5) is 5.69 Å². The van der Waals surface area contributed by atoms with Crippen LogP contribution < -0.4 is 4.90 Å². The molecule has 0 radical (unpaired) electrons. The van der Waals surface area contributed by atoms with Gasteiger partial charge in [-0.2, -0.15) is 0 Å². The Balaban J connectivity index is 1.55. The zero-order valence-electron chi connectivity index (χ0n) is 20.4. The van der Waals surface area contributed by atoms with Crippen LogP contribution >= 0.6 is 11.3 Å². The Bertz CT molecular complexity index is 1520. The molecule has 7 heteroatoms. The third-order valence-electron chi connectivity index (χ3n) is 6.21. The first kappa shape index (κ1) is 24.5. The van der Waals surface area contributed by atoms with Crippen molar-refractivity contribution in [1.82, 2.24) is 0 Å². The molecule has 0 saturated carbocycles. The van der Waals surface area contributed by atoms with Gasteiger partial charge < -0.3 is 9.84 Å². The first-order valence-corrected chi connectivity index (χ1v) is 12.8. The maximum Gasteiger partial charge on any atom is 0.310 e. The highest BCUT2D eigenvalue weighted by molar-refractivity contribution is 7.10. The number of aliphatic hydroxyl groups is 1. The Morgan fingerprint density at radius 3 is 2.38 bits per heavy atom. The normalized spacial score (nSPS) is 17.1. The topological polar surface area (TPSA) is 83.9 Å². The molecular formula is C30H25NO5S. The lowest BCUT2D eigenvalue weighted by Crippen LogP contribution is -2.29. The summed E-state index contributed by atoms with van der Waals surface area (Å²) >= 11 is 1.41. The Hall–Kier alpha value is -4.23. The van der Waals surface area contributed by atoms with E-state index in [2.05, 4.69) is 0 Å². The molecule has 4 aromatic rings. The van der Waals surface area contributed by atoms with E-state index in [0.717, 1.165) is 21.2 Å². The Morgan fingerprint density at radius 2 is 1.70 bits per heavy atom. The highest BCUT2D eigenvalue weighted by Gasteiger charge is 2.47. The Labute approximate surface area is 218 Å². The number of carbonyl (C=O) groups is 3. The van der Waals surface area contributed by atoms with Crippen molar-refractivity contribution in [2.45, 2.75) is 32.4 Å². The van der Waals surface area contributed by atoms with Crippen LogP contribution in [0, 0.1) is 0 Å². The summed E-state index contributed by atoms with van der Waals surface area (Å²) in [5.74, 6) is -2.00. The van der Waals surface area contributed by atoms with Gasteiger partial charge in [0, 0.05) is 16.1 Å². The van der Waals surface area contributed by atoms with Crippen LogP contribution in [0.2, 0.25) is 0 Å². The summed E-state index contributed by atoms with van der Waals surface area (Å²) in [6, 6.07) is 23.0. The van der Waals surface area contributed by atoms with Gasteiger partial charge in [-0.15, -0.1) is 11.3 Å². The van der Waals surface area contributed by atoms with Crippen LogP contribution in [0.5, 0.6) is 0 Å².